The molecular formula is C25H27N3O5. The molecule has 1 aromatic heterocycles. The molecule has 0 aliphatic rings. The van der Waals surface area contributed by atoms with Gasteiger partial charge in [-0.3, -0.25) is 9.78 Å². The topological polar surface area (TPSA) is 91.8 Å². The second-order valence-corrected chi connectivity index (χ2v) is 7.16. The number of hydrogen-bond donors (Lipinski definition) is 1. The fourth-order valence-corrected chi connectivity index (χ4v) is 3.11. The molecule has 0 aliphatic carbocycles. The summed E-state index contributed by atoms with van der Waals surface area (Å²) in [7, 11) is 4.82. The smallest absolute Gasteiger partial charge is 0.257 e. The number of nitrogens with one attached hydrogen (secondary N) is 1. The molecule has 33 heavy (non-hydrogen) atoms. The van der Waals surface area contributed by atoms with Crippen LogP contribution in [0.5, 0.6) is 17.2 Å². The average molecular weight is 450 g/mol. The number of ether oxygens (including phenoxy) is 4. The summed E-state index contributed by atoms with van der Waals surface area (Å²) < 4.78 is 21.8. The third-order valence-corrected chi connectivity index (χ3v) is 4.63. The van der Waals surface area contributed by atoms with Crippen molar-refractivity contribution in [3.05, 3.63) is 71.7 Å². The Bertz CT molecular complexity index is 1100. The van der Waals surface area contributed by atoms with Gasteiger partial charge in [0.25, 0.3) is 5.91 Å². The molecule has 3 aromatic rings. The Morgan fingerprint density at radius 3 is 2.58 bits per heavy atom. The van der Waals surface area contributed by atoms with Crippen LogP contribution < -0.4 is 19.5 Å². The van der Waals surface area contributed by atoms with Crippen LogP contribution in [-0.2, 0) is 4.74 Å². The summed E-state index contributed by atoms with van der Waals surface area (Å²) in [4.78, 5) is 20.9. The number of carbonyl (C=O) groups is 1. The van der Waals surface area contributed by atoms with Crippen LogP contribution in [0.2, 0.25) is 0 Å². The molecule has 0 fully saturated rings. The van der Waals surface area contributed by atoms with Gasteiger partial charge in [0.1, 0.15) is 23.4 Å². The van der Waals surface area contributed by atoms with Crippen LogP contribution in [0.1, 0.15) is 28.4 Å². The van der Waals surface area contributed by atoms with Crippen molar-refractivity contribution < 1.29 is 23.7 Å². The number of nitrogens with zero attached hydrogens (tertiary/aromatic N) is 2. The monoisotopic (exact) mass is 449 g/mol. The maximum Gasteiger partial charge on any atom is 0.257 e. The number of hydrogen-bond acceptors (Lipinski definition) is 7. The molecular weight excluding hydrogens is 422 g/mol. The van der Waals surface area contributed by atoms with Gasteiger partial charge in [0, 0.05) is 36.7 Å². The normalized spacial score (nSPS) is 11.8. The lowest BCUT2D eigenvalue weighted by molar-refractivity contribution is 0.0917. The first-order valence-corrected chi connectivity index (χ1v) is 10.3. The van der Waals surface area contributed by atoms with Crippen LogP contribution in [0.4, 0.5) is 5.82 Å². The maximum atomic E-state index is 12.9. The Labute approximate surface area is 193 Å². The molecule has 172 valence electrons. The van der Waals surface area contributed by atoms with Gasteiger partial charge in [-0.25, -0.2) is 4.98 Å². The van der Waals surface area contributed by atoms with Crippen LogP contribution in [0.15, 0.2) is 55.0 Å². The largest absolute Gasteiger partial charge is 0.497 e. The van der Waals surface area contributed by atoms with E-state index in [1.54, 1.807) is 33.5 Å². The van der Waals surface area contributed by atoms with Gasteiger partial charge >= 0.3 is 0 Å². The van der Waals surface area contributed by atoms with Gasteiger partial charge in [0.2, 0.25) is 0 Å². The summed E-state index contributed by atoms with van der Waals surface area (Å²) in [5, 5.41) is 2.75. The molecule has 1 atom stereocenters. The molecule has 0 bridgehead atoms. The van der Waals surface area contributed by atoms with Gasteiger partial charge in [0.15, 0.2) is 5.82 Å². The zero-order valence-corrected chi connectivity index (χ0v) is 19.1. The first kappa shape index (κ1) is 23.7. The Balaban J connectivity index is 1.91. The quantitative estimate of drug-likeness (QED) is 0.461. The molecule has 1 amide bonds. The Morgan fingerprint density at radius 1 is 1.03 bits per heavy atom. The number of aromatic nitrogens is 2. The van der Waals surface area contributed by atoms with E-state index in [9.17, 15) is 4.79 Å². The van der Waals surface area contributed by atoms with E-state index in [1.807, 2.05) is 43.3 Å². The molecule has 8 heteroatoms. The van der Waals surface area contributed by atoms with Crippen molar-refractivity contribution in [3.63, 3.8) is 0 Å². The molecule has 2 aromatic carbocycles. The lowest BCUT2D eigenvalue weighted by Crippen LogP contribution is -2.19. The molecule has 1 heterocycles. The van der Waals surface area contributed by atoms with Gasteiger partial charge < -0.3 is 24.3 Å². The van der Waals surface area contributed by atoms with Crippen LogP contribution in [0.3, 0.4) is 0 Å². The SMILES string of the molecule is COC[C@H](C)Oc1cc(C=Cc2ccc(OC)cc2OC)cc(C(=O)Nc2cnccn2)c1. The predicted molar refractivity (Wildman–Crippen MR) is 127 cm³/mol. The van der Waals surface area contributed by atoms with Crippen LogP contribution >= 0.6 is 0 Å². The van der Waals surface area contributed by atoms with Crippen LogP contribution in [0, 0.1) is 0 Å². The number of carbonyl (C=O) groups excluding carboxylic acids is 1. The number of anilines is 1. The van der Waals surface area contributed by atoms with Gasteiger partial charge in [-0.1, -0.05) is 12.2 Å². The lowest BCUT2D eigenvalue weighted by atomic mass is 10.1. The molecule has 0 saturated heterocycles. The van der Waals surface area contributed by atoms with Crippen molar-refractivity contribution in [1.29, 1.82) is 0 Å². The van der Waals surface area contributed by atoms with E-state index < -0.39 is 0 Å². The fraction of sp³-hybridized carbons (Fsp3) is 0.240. The minimum Gasteiger partial charge on any atom is -0.497 e. The van der Waals surface area contributed by atoms with E-state index in [1.165, 1.54) is 18.6 Å². The van der Waals surface area contributed by atoms with Crippen LogP contribution in [0.25, 0.3) is 12.2 Å². The molecule has 0 saturated carbocycles. The van der Waals surface area contributed by atoms with Crippen molar-refractivity contribution >= 4 is 23.9 Å². The zero-order valence-electron chi connectivity index (χ0n) is 19.1. The molecule has 0 unspecified atom stereocenters. The Kier molecular flexibility index (Phi) is 8.37. The summed E-state index contributed by atoms with van der Waals surface area (Å²) in [6.45, 7) is 2.32. The minimum atomic E-state index is -0.322. The number of amides is 1. The van der Waals surface area contributed by atoms with Crippen molar-refractivity contribution in [2.75, 3.05) is 33.3 Å². The van der Waals surface area contributed by atoms with E-state index in [0.717, 1.165) is 11.1 Å². The number of methoxy groups -OCH3 is 3. The highest BCUT2D eigenvalue weighted by Gasteiger charge is 2.12. The summed E-state index contributed by atoms with van der Waals surface area (Å²) in [6, 6.07) is 10.9. The Morgan fingerprint density at radius 2 is 1.88 bits per heavy atom. The van der Waals surface area contributed by atoms with Crippen molar-refractivity contribution in [2.45, 2.75) is 13.0 Å². The summed E-state index contributed by atoms with van der Waals surface area (Å²) >= 11 is 0. The second-order valence-electron chi connectivity index (χ2n) is 7.16. The van der Waals surface area contributed by atoms with Gasteiger partial charge in [-0.05, 0) is 42.8 Å². The molecule has 0 spiro atoms. The first-order valence-electron chi connectivity index (χ1n) is 10.3. The van der Waals surface area contributed by atoms with Gasteiger partial charge in [0.05, 0.1) is 27.0 Å². The third kappa shape index (κ3) is 6.78. The fourth-order valence-electron chi connectivity index (χ4n) is 3.11. The summed E-state index contributed by atoms with van der Waals surface area (Å²) in [6.07, 6.45) is 8.13. The van der Waals surface area contributed by atoms with E-state index >= 15 is 0 Å². The molecule has 8 nitrogen and oxygen atoms in total. The molecule has 3 rings (SSSR count). The molecule has 0 aliphatic heterocycles. The van der Waals surface area contributed by atoms with Crippen molar-refractivity contribution in [3.8, 4) is 17.2 Å². The van der Waals surface area contributed by atoms with E-state index in [0.29, 0.717) is 35.2 Å². The van der Waals surface area contributed by atoms with Crippen molar-refractivity contribution in [1.82, 2.24) is 9.97 Å². The van der Waals surface area contributed by atoms with Crippen LogP contribution in [-0.4, -0.2) is 49.9 Å². The predicted octanol–water partition coefficient (Wildman–Crippen LogP) is 4.33. The van der Waals surface area contributed by atoms with Gasteiger partial charge in [-0.2, -0.15) is 0 Å². The first-order chi connectivity index (χ1) is 16.0. The van der Waals surface area contributed by atoms with E-state index in [4.69, 9.17) is 18.9 Å². The number of rotatable bonds is 10. The second kappa shape index (κ2) is 11.6. The number of benzene rings is 2. The van der Waals surface area contributed by atoms with E-state index in [2.05, 4.69) is 15.3 Å². The standard InChI is InChI=1S/C25H27N3O5/c1-17(16-30-2)33-22-12-18(5-6-19-7-8-21(31-3)14-23(19)32-4)11-20(13-22)25(29)28-24-15-26-9-10-27-24/h5-15,17H,16H2,1-4H3,(H,27,28,29)/t17-/m0/s1. The minimum absolute atomic E-state index is 0.188. The maximum absolute atomic E-state index is 12.9. The zero-order chi connectivity index (χ0) is 23.6. The lowest BCUT2D eigenvalue weighted by Gasteiger charge is -2.15. The highest BCUT2D eigenvalue weighted by Crippen LogP contribution is 2.27. The highest BCUT2D eigenvalue weighted by atomic mass is 16.5. The summed E-state index contributed by atoms with van der Waals surface area (Å²) in [5.41, 5.74) is 2.06. The van der Waals surface area contributed by atoms with Gasteiger partial charge in [-0.15, -0.1) is 0 Å². The Hall–Kier alpha value is -3.91. The highest BCUT2D eigenvalue weighted by molar-refractivity contribution is 6.04. The van der Waals surface area contributed by atoms with Crippen molar-refractivity contribution in [2.24, 2.45) is 0 Å². The average Bonchev–Trinajstić information content (AvgIpc) is 2.83. The molecule has 0 radical (unpaired) electrons. The van der Waals surface area contributed by atoms with E-state index in [-0.39, 0.29) is 12.0 Å². The molecule has 1 N–H and O–H groups in total. The summed E-state index contributed by atoms with van der Waals surface area (Å²) in [5.74, 6) is 1.97. The third-order valence-electron chi connectivity index (χ3n) is 4.63.